The van der Waals surface area contributed by atoms with E-state index in [1.165, 1.54) is 0 Å². The lowest BCUT2D eigenvalue weighted by Gasteiger charge is -2.06. The van der Waals surface area contributed by atoms with Crippen LogP contribution in [0.25, 0.3) is 0 Å². The summed E-state index contributed by atoms with van der Waals surface area (Å²) < 4.78 is 2.88. The summed E-state index contributed by atoms with van der Waals surface area (Å²) in [5.41, 5.74) is 3.22. The van der Waals surface area contributed by atoms with E-state index in [1.54, 1.807) is 0 Å². The van der Waals surface area contributed by atoms with Gasteiger partial charge in [-0.25, -0.2) is 0 Å². The number of hydrogen-bond donors (Lipinski definition) is 1. The summed E-state index contributed by atoms with van der Waals surface area (Å²) in [5, 5.41) is 8.60. The van der Waals surface area contributed by atoms with Gasteiger partial charge < -0.3 is 5.32 Å². The van der Waals surface area contributed by atoms with Crippen LogP contribution in [0.3, 0.4) is 0 Å². The van der Waals surface area contributed by atoms with Crippen molar-refractivity contribution in [3.8, 4) is 0 Å². The Kier molecular flexibility index (Phi) is 4.53. The SMILES string of the molecule is Cc1nn(C(C)C)cc1NCc1ccc(Br)c(Cl)c1. The van der Waals surface area contributed by atoms with Gasteiger partial charge in [-0.1, -0.05) is 17.7 Å². The minimum Gasteiger partial charge on any atom is -0.378 e. The first kappa shape index (κ1) is 14.4. The fourth-order valence-corrected chi connectivity index (χ4v) is 2.22. The second kappa shape index (κ2) is 5.97. The molecule has 1 heterocycles. The molecule has 1 aromatic carbocycles. The highest BCUT2D eigenvalue weighted by atomic mass is 79.9. The lowest BCUT2D eigenvalue weighted by Crippen LogP contribution is -2.01. The Morgan fingerprint density at radius 1 is 1.42 bits per heavy atom. The lowest BCUT2D eigenvalue weighted by atomic mass is 10.2. The topological polar surface area (TPSA) is 29.9 Å². The van der Waals surface area contributed by atoms with Crippen molar-refractivity contribution < 1.29 is 0 Å². The molecule has 2 aromatic rings. The molecule has 0 spiro atoms. The van der Waals surface area contributed by atoms with Crippen LogP contribution >= 0.6 is 27.5 Å². The Bertz CT molecular complexity index is 578. The van der Waals surface area contributed by atoms with Gasteiger partial charge in [0.1, 0.15) is 0 Å². The quantitative estimate of drug-likeness (QED) is 0.865. The lowest BCUT2D eigenvalue weighted by molar-refractivity contribution is 0.529. The smallest absolute Gasteiger partial charge is 0.0825 e. The van der Waals surface area contributed by atoms with E-state index in [9.17, 15) is 0 Å². The van der Waals surface area contributed by atoms with Gasteiger partial charge in [0.15, 0.2) is 0 Å². The van der Waals surface area contributed by atoms with E-state index in [2.05, 4.69) is 40.2 Å². The van der Waals surface area contributed by atoms with Crippen molar-refractivity contribution in [2.24, 2.45) is 0 Å². The number of rotatable bonds is 4. The predicted octanol–water partition coefficient (Wildman–Crippen LogP) is 4.80. The number of halogens is 2. The van der Waals surface area contributed by atoms with Crippen molar-refractivity contribution in [2.75, 3.05) is 5.32 Å². The van der Waals surface area contributed by atoms with Crippen LogP contribution in [0.4, 0.5) is 5.69 Å². The number of aryl methyl sites for hydroxylation is 1. The second-order valence-electron chi connectivity index (χ2n) is 4.80. The molecule has 0 saturated heterocycles. The van der Waals surface area contributed by atoms with Crippen LogP contribution in [-0.2, 0) is 6.54 Å². The molecule has 0 saturated carbocycles. The highest BCUT2D eigenvalue weighted by Crippen LogP contribution is 2.24. The average molecular weight is 343 g/mol. The van der Waals surface area contributed by atoms with Gasteiger partial charge in [0.05, 0.1) is 16.4 Å². The van der Waals surface area contributed by atoms with Crippen LogP contribution in [0.5, 0.6) is 0 Å². The Balaban J connectivity index is 2.07. The summed E-state index contributed by atoms with van der Waals surface area (Å²) in [6, 6.07) is 6.34. The van der Waals surface area contributed by atoms with Crippen molar-refractivity contribution in [2.45, 2.75) is 33.4 Å². The number of anilines is 1. The molecule has 0 atom stereocenters. The fourth-order valence-electron chi connectivity index (χ4n) is 1.77. The molecule has 3 nitrogen and oxygen atoms in total. The molecule has 5 heteroatoms. The van der Waals surface area contributed by atoms with Gasteiger partial charge in [-0.05, 0) is 54.4 Å². The summed E-state index contributed by atoms with van der Waals surface area (Å²) >= 11 is 9.47. The summed E-state index contributed by atoms with van der Waals surface area (Å²) in [7, 11) is 0. The first-order valence-electron chi connectivity index (χ1n) is 6.21. The van der Waals surface area contributed by atoms with Gasteiger partial charge >= 0.3 is 0 Å². The van der Waals surface area contributed by atoms with Crippen molar-refractivity contribution in [1.82, 2.24) is 9.78 Å². The highest BCUT2D eigenvalue weighted by Gasteiger charge is 2.07. The number of aromatic nitrogens is 2. The fraction of sp³-hybridized carbons (Fsp3) is 0.357. The average Bonchev–Trinajstić information content (AvgIpc) is 2.73. The summed E-state index contributed by atoms with van der Waals surface area (Å²) in [5.74, 6) is 0. The summed E-state index contributed by atoms with van der Waals surface area (Å²) in [6.07, 6.45) is 2.04. The zero-order valence-electron chi connectivity index (χ0n) is 11.2. The molecule has 0 amide bonds. The number of benzene rings is 1. The highest BCUT2D eigenvalue weighted by molar-refractivity contribution is 9.10. The van der Waals surface area contributed by atoms with E-state index < -0.39 is 0 Å². The molecule has 0 aliphatic heterocycles. The third-order valence-corrected chi connectivity index (χ3v) is 4.15. The van der Waals surface area contributed by atoms with E-state index in [-0.39, 0.29) is 0 Å². The van der Waals surface area contributed by atoms with Gasteiger partial charge in [-0.15, -0.1) is 0 Å². The molecule has 2 rings (SSSR count). The molecule has 19 heavy (non-hydrogen) atoms. The number of nitrogens with zero attached hydrogens (tertiary/aromatic N) is 2. The standard InChI is InChI=1S/C14H17BrClN3/c1-9(2)19-8-14(10(3)18-19)17-7-11-4-5-12(15)13(16)6-11/h4-6,8-9,17H,7H2,1-3H3. The molecule has 102 valence electrons. The zero-order valence-corrected chi connectivity index (χ0v) is 13.6. The maximum Gasteiger partial charge on any atom is 0.0825 e. The molecule has 0 radical (unpaired) electrons. The van der Waals surface area contributed by atoms with Crippen molar-refractivity contribution in [3.63, 3.8) is 0 Å². The molecule has 1 aromatic heterocycles. The molecular weight excluding hydrogens is 326 g/mol. The molecule has 0 aliphatic carbocycles. The van der Waals surface area contributed by atoms with E-state index in [0.29, 0.717) is 6.04 Å². The summed E-state index contributed by atoms with van der Waals surface area (Å²) in [4.78, 5) is 0. The maximum atomic E-state index is 6.08. The third-order valence-electron chi connectivity index (χ3n) is 2.91. The van der Waals surface area contributed by atoms with Crippen LogP contribution in [0.15, 0.2) is 28.9 Å². The third kappa shape index (κ3) is 3.51. The maximum absolute atomic E-state index is 6.08. The van der Waals surface area contributed by atoms with Gasteiger partial charge in [0.25, 0.3) is 0 Å². The van der Waals surface area contributed by atoms with Crippen molar-refractivity contribution >= 4 is 33.2 Å². The van der Waals surface area contributed by atoms with Crippen LogP contribution in [0, 0.1) is 6.92 Å². The van der Waals surface area contributed by atoms with Gasteiger partial charge in [0, 0.05) is 23.3 Å². The van der Waals surface area contributed by atoms with Crippen LogP contribution in [0.2, 0.25) is 5.02 Å². The first-order valence-corrected chi connectivity index (χ1v) is 7.38. The van der Waals surface area contributed by atoms with Crippen LogP contribution < -0.4 is 5.32 Å². The first-order chi connectivity index (χ1) is 8.97. The van der Waals surface area contributed by atoms with Crippen molar-refractivity contribution in [3.05, 3.63) is 45.1 Å². The van der Waals surface area contributed by atoms with Gasteiger partial charge in [0.2, 0.25) is 0 Å². The Morgan fingerprint density at radius 3 is 2.74 bits per heavy atom. The van der Waals surface area contributed by atoms with Crippen molar-refractivity contribution in [1.29, 1.82) is 0 Å². The predicted molar refractivity (Wildman–Crippen MR) is 83.8 cm³/mol. The van der Waals surface area contributed by atoms with E-state index in [4.69, 9.17) is 11.6 Å². The molecule has 0 unspecified atom stereocenters. The summed E-state index contributed by atoms with van der Waals surface area (Å²) in [6.45, 7) is 6.98. The number of hydrogen-bond acceptors (Lipinski definition) is 2. The van der Waals surface area contributed by atoms with Crippen LogP contribution in [0.1, 0.15) is 31.1 Å². The molecular formula is C14H17BrClN3. The zero-order chi connectivity index (χ0) is 14.0. The van der Waals surface area contributed by atoms with E-state index in [1.807, 2.05) is 36.0 Å². The molecule has 0 bridgehead atoms. The number of nitrogens with one attached hydrogen (secondary N) is 1. The Hall–Kier alpha value is -1.000. The second-order valence-corrected chi connectivity index (χ2v) is 6.07. The largest absolute Gasteiger partial charge is 0.378 e. The Morgan fingerprint density at radius 2 is 2.16 bits per heavy atom. The van der Waals surface area contributed by atoms with Gasteiger partial charge in [-0.2, -0.15) is 5.10 Å². The monoisotopic (exact) mass is 341 g/mol. The normalized spacial score (nSPS) is 11.1. The minimum absolute atomic E-state index is 0.372. The molecule has 0 fully saturated rings. The van der Waals surface area contributed by atoms with Gasteiger partial charge in [-0.3, -0.25) is 4.68 Å². The molecule has 0 aliphatic rings. The van der Waals surface area contributed by atoms with E-state index >= 15 is 0 Å². The van der Waals surface area contributed by atoms with Crippen LogP contribution in [-0.4, -0.2) is 9.78 Å². The Labute approximate surface area is 127 Å². The molecule has 1 N–H and O–H groups in total. The minimum atomic E-state index is 0.372. The van der Waals surface area contributed by atoms with E-state index in [0.717, 1.165) is 33.0 Å².